The monoisotopic (exact) mass is 491 g/mol. The average Bonchev–Trinajstić information content (AvgIpc) is 2.89. The van der Waals surface area contributed by atoms with Gasteiger partial charge in [0.25, 0.3) is 0 Å². The van der Waals surface area contributed by atoms with Crippen LogP contribution in [0.1, 0.15) is 59.3 Å². The highest BCUT2D eigenvalue weighted by Crippen LogP contribution is 2.79. The number of Topliss-reactive ketones (excluding diaryl/α,β-unsaturated/α-hetero) is 1. The maximum absolute atomic E-state index is 13.8. The van der Waals surface area contributed by atoms with Crippen molar-refractivity contribution in [3.8, 4) is 0 Å². The number of hydrogen-bond acceptors (Lipinski definition) is 8. The first-order valence-electron chi connectivity index (χ1n) is 13.0. The predicted molar refractivity (Wildman–Crippen MR) is 121 cm³/mol. The molecular weight excluding hydrogens is 454 g/mol. The maximum atomic E-state index is 13.8. The minimum atomic E-state index is -2.29. The standard InChI is InChI=1S/C26H37NO8/c1-12-14-7-8-15-24-16-9-10-23(3,4)18(24)21(31)26(32,25(15,19(12)29)20(14)30)35-22(24)34-17(33-16)6-5-11-27-13(2)28/h14-18,20-22,30-32H,1,5-11H2,2-4H3,(H,27,28)/t14-,15-,16-,17+,18+,20+,21-,22-,24-,25-,26+/m1/s1. The van der Waals surface area contributed by atoms with Crippen LogP contribution in [0.5, 0.6) is 0 Å². The molecule has 0 unspecified atom stereocenters. The van der Waals surface area contributed by atoms with Crippen molar-refractivity contribution in [2.24, 2.45) is 34.0 Å². The third-order valence-electron chi connectivity index (χ3n) is 10.5. The molecule has 4 saturated carbocycles. The Kier molecular flexibility index (Phi) is 5.05. The van der Waals surface area contributed by atoms with Gasteiger partial charge < -0.3 is 34.8 Å². The van der Waals surface area contributed by atoms with Crippen molar-refractivity contribution >= 4 is 11.7 Å². The zero-order valence-electron chi connectivity index (χ0n) is 20.7. The van der Waals surface area contributed by atoms with Gasteiger partial charge in [-0.25, -0.2) is 0 Å². The lowest BCUT2D eigenvalue weighted by Crippen LogP contribution is -2.89. The molecule has 4 aliphatic carbocycles. The largest absolute Gasteiger partial charge is 0.391 e. The summed E-state index contributed by atoms with van der Waals surface area (Å²) in [6.45, 7) is 10.1. The number of aliphatic hydroxyl groups excluding tert-OH is 2. The van der Waals surface area contributed by atoms with Crippen LogP contribution in [-0.2, 0) is 23.8 Å². The van der Waals surface area contributed by atoms with Gasteiger partial charge in [-0.15, -0.1) is 0 Å². The summed E-state index contributed by atoms with van der Waals surface area (Å²) in [7, 11) is 0. The number of aliphatic hydroxyl groups is 3. The molecule has 9 nitrogen and oxygen atoms in total. The molecule has 2 spiro atoms. The number of nitrogens with one attached hydrogen (secondary N) is 1. The van der Waals surface area contributed by atoms with Gasteiger partial charge in [0.1, 0.15) is 11.5 Å². The molecule has 7 aliphatic rings. The normalized spacial score (nSPS) is 53.2. The van der Waals surface area contributed by atoms with E-state index in [4.69, 9.17) is 14.2 Å². The van der Waals surface area contributed by atoms with Gasteiger partial charge in [0.05, 0.1) is 17.6 Å². The van der Waals surface area contributed by atoms with Gasteiger partial charge in [-0.05, 0) is 49.0 Å². The minimum absolute atomic E-state index is 0.0989. The summed E-state index contributed by atoms with van der Waals surface area (Å²) >= 11 is 0. The molecule has 0 aromatic rings. The van der Waals surface area contributed by atoms with Gasteiger partial charge in [0.2, 0.25) is 11.7 Å². The third kappa shape index (κ3) is 2.60. The molecule has 0 aromatic heterocycles. The Bertz CT molecular complexity index is 982. The van der Waals surface area contributed by atoms with Crippen LogP contribution in [0.25, 0.3) is 0 Å². The van der Waals surface area contributed by atoms with E-state index in [2.05, 4.69) is 25.7 Å². The Morgan fingerprint density at radius 1 is 1.17 bits per heavy atom. The summed E-state index contributed by atoms with van der Waals surface area (Å²) < 4.78 is 19.2. The molecule has 0 radical (unpaired) electrons. The summed E-state index contributed by atoms with van der Waals surface area (Å²) in [5.74, 6) is -4.16. The molecular formula is C26H37NO8. The van der Waals surface area contributed by atoms with Crippen molar-refractivity contribution in [1.29, 1.82) is 0 Å². The summed E-state index contributed by atoms with van der Waals surface area (Å²) in [4.78, 5) is 25.0. The van der Waals surface area contributed by atoms with Crippen molar-refractivity contribution in [1.82, 2.24) is 5.32 Å². The van der Waals surface area contributed by atoms with E-state index in [9.17, 15) is 24.9 Å². The number of fused-ring (bicyclic) bond motifs is 1. The van der Waals surface area contributed by atoms with Crippen LogP contribution in [0.3, 0.4) is 0 Å². The molecule has 194 valence electrons. The van der Waals surface area contributed by atoms with Gasteiger partial charge in [-0.1, -0.05) is 20.4 Å². The van der Waals surface area contributed by atoms with E-state index in [0.717, 1.165) is 6.42 Å². The second kappa shape index (κ2) is 7.36. The SMILES string of the molecule is C=C1C(=O)[C@]23[C@H](CC[C@H]1[C@@H]2O)[C@@]12[C@@H]4O[C@@H](CCCNC(C)=O)O[C@@H]1CCC(C)(C)[C@@H]2[C@@H](O)[C@]3(O)O4. The van der Waals surface area contributed by atoms with Crippen LogP contribution in [-0.4, -0.2) is 70.2 Å². The van der Waals surface area contributed by atoms with Crippen LogP contribution >= 0.6 is 0 Å². The average molecular weight is 492 g/mol. The van der Waals surface area contributed by atoms with Gasteiger partial charge in [0.15, 0.2) is 18.4 Å². The molecule has 9 heteroatoms. The molecule has 11 atom stereocenters. The lowest BCUT2D eigenvalue weighted by molar-refractivity contribution is -0.544. The van der Waals surface area contributed by atoms with Gasteiger partial charge in [0, 0.05) is 31.7 Å². The summed E-state index contributed by atoms with van der Waals surface area (Å²) in [5, 5.41) is 38.3. The highest BCUT2D eigenvalue weighted by atomic mass is 16.8. The molecule has 3 saturated heterocycles. The topological polar surface area (TPSA) is 135 Å². The number of ketones is 1. The number of carbonyl (C=O) groups is 2. The Hall–Kier alpha value is -1.36. The van der Waals surface area contributed by atoms with E-state index in [1.54, 1.807) is 0 Å². The van der Waals surface area contributed by atoms with Crippen LogP contribution < -0.4 is 5.32 Å². The molecule has 3 aliphatic heterocycles. The van der Waals surface area contributed by atoms with Gasteiger partial charge >= 0.3 is 0 Å². The summed E-state index contributed by atoms with van der Waals surface area (Å²) in [5.41, 5.74) is -2.65. The third-order valence-corrected chi connectivity index (χ3v) is 10.5. The number of hydrogen-bond donors (Lipinski definition) is 4. The molecule has 0 aromatic carbocycles. The molecule has 4 N–H and O–H groups in total. The lowest BCUT2D eigenvalue weighted by Gasteiger charge is -2.77. The molecule has 35 heavy (non-hydrogen) atoms. The van der Waals surface area contributed by atoms with Gasteiger partial charge in [-0.3, -0.25) is 9.59 Å². The van der Waals surface area contributed by atoms with E-state index in [1.165, 1.54) is 6.92 Å². The van der Waals surface area contributed by atoms with Crippen molar-refractivity contribution in [3.05, 3.63) is 12.2 Å². The van der Waals surface area contributed by atoms with Crippen molar-refractivity contribution < 1.29 is 39.1 Å². The zero-order chi connectivity index (χ0) is 25.1. The van der Waals surface area contributed by atoms with Crippen LogP contribution in [0.2, 0.25) is 0 Å². The number of carbonyl (C=O) groups excluding carboxylic acids is 2. The zero-order valence-corrected chi connectivity index (χ0v) is 20.7. The first-order valence-corrected chi connectivity index (χ1v) is 13.0. The van der Waals surface area contributed by atoms with E-state index in [0.29, 0.717) is 44.2 Å². The van der Waals surface area contributed by atoms with Crippen molar-refractivity contribution in [3.63, 3.8) is 0 Å². The highest BCUT2D eigenvalue weighted by Gasteiger charge is 2.90. The lowest BCUT2D eigenvalue weighted by atomic mass is 9.35. The quantitative estimate of drug-likeness (QED) is 0.338. The smallest absolute Gasteiger partial charge is 0.216 e. The number of ether oxygens (including phenoxy) is 3. The van der Waals surface area contributed by atoms with E-state index >= 15 is 0 Å². The Balaban J connectivity index is 1.44. The van der Waals surface area contributed by atoms with E-state index < -0.39 is 64.9 Å². The molecule has 7 rings (SSSR count). The van der Waals surface area contributed by atoms with Crippen LogP contribution in [0.4, 0.5) is 0 Å². The first-order chi connectivity index (χ1) is 16.4. The van der Waals surface area contributed by atoms with E-state index in [1.807, 2.05) is 0 Å². The molecule has 3 heterocycles. The fourth-order valence-electron chi connectivity index (χ4n) is 9.26. The molecule has 4 bridgehead atoms. The predicted octanol–water partition coefficient (Wildman–Crippen LogP) is 0.999. The fourth-order valence-corrected chi connectivity index (χ4v) is 9.26. The second-order valence-corrected chi connectivity index (χ2v) is 12.3. The van der Waals surface area contributed by atoms with Crippen LogP contribution in [0, 0.1) is 34.0 Å². The Morgan fingerprint density at radius 2 is 1.91 bits per heavy atom. The first kappa shape index (κ1) is 24.0. The highest BCUT2D eigenvalue weighted by molar-refractivity contribution is 6.05. The second-order valence-electron chi connectivity index (χ2n) is 12.3. The van der Waals surface area contributed by atoms with Gasteiger partial charge in [-0.2, -0.15) is 0 Å². The van der Waals surface area contributed by atoms with Crippen LogP contribution in [0.15, 0.2) is 12.2 Å². The summed E-state index contributed by atoms with van der Waals surface area (Å²) in [6, 6.07) is 0. The Morgan fingerprint density at radius 3 is 2.63 bits per heavy atom. The number of amides is 1. The maximum Gasteiger partial charge on any atom is 0.216 e. The Labute approximate surface area is 205 Å². The minimum Gasteiger partial charge on any atom is -0.391 e. The molecule has 7 fully saturated rings. The summed E-state index contributed by atoms with van der Waals surface area (Å²) in [6.07, 6.45) is -0.611. The van der Waals surface area contributed by atoms with Crippen molar-refractivity contribution in [2.45, 2.75) is 96.0 Å². The fraction of sp³-hybridized carbons (Fsp3) is 0.846. The van der Waals surface area contributed by atoms with Crippen molar-refractivity contribution in [2.75, 3.05) is 6.54 Å². The number of rotatable bonds is 4. The molecule has 1 amide bonds. The van der Waals surface area contributed by atoms with E-state index in [-0.39, 0.29) is 17.4 Å².